The minimum absolute atomic E-state index is 0.648. The number of hydrogen-bond donors (Lipinski definition) is 1. The monoisotopic (exact) mass is 242 g/mol. The first-order valence-corrected chi connectivity index (χ1v) is 6.08. The lowest BCUT2D eigenvalue weighted by Crippen LogP contribution is -1.73. The fraction of sp³-hybridized carbons (Fsp3) is 0.0769. The number of aromatic amines is 1. The molecule has 3 aromatic rings. The first-order valence-electron chi connectivity index (χ1n) is 5.27. The number of H-pyrrole nitrogens is 1. The summed E-state index contributed by atoms with van der Waals surface area (Å²) in [6.07, 6.45) is 2.43. The van der Waals surface area contributed by atoms with Crippen LogP contribution in [0.4, 0.5) is 0 Å². The van der Waals surface area contributed by atoms with Gasteiger partial charge in [-0.1, -0.05) is 12.1 Å². The number of rotatable bonds is 2. The number of aromatic nitrogens is 2. The maximum absolute atomic E-state index is 10.6. The predicted octanol–water partition coefficient (Wildman–Crippen LogP) is 3.41. The summed E-state index contributed by atoms with van der Waals surface area (Å²) in [7, 11) is 0. The molecule has 17 heavy (non-hydrogen) atoms. The van der Waals surface area contributed by atoms with Crippen LogP contribution in [0.2, 0.25) is 0 Å². The fourth-order valence-corrected chi connectivity index (χ4v) is 2.52. The fourth-order valence-electron chi connectivity index (χ4n) is 1.82. The second kappa shape index (κ2) is 3.82. The highest BCUT2D eigenvalue weighted by molar-refractivity contribution is 7.16. The van der Waals surface area contributed by atoms with Crippen molar-refractivity contribution in [2.75, 3.05) is 0 Å². The molecule has 0 bridgehead atoms. The standard InChI is InChI=1S/C13H10N2OS/c1-8-2-3-9-5-12(15-11(9)4-8)13-14-6-10(7-16)17-13/h2-7,15H,1H3. The third-order valence-corrected chi connectivity index (χ3v) is 3.60. The minimum Gasteiger partial charge on any atom is -0.353 e. The number of benzene rings is 1. The van der Waals surface area contributed by atoms with Gasteiger partial charge in [0, 0.05) is 17.1 Å². The molecule has 0 saturated carbocycles. The van der Waals surface area contributed by atoms with Crippen molar-refractivity contribution in [3.63, 3.8) is 0 Å². The van der Waals surface area contributed by atoms with Gasteiger partial charge in [0.05, 0.1) is 10.6 Å². The Hall–Kier alpha value is -1.94. The van der Waals surface area contributed by atoms with Gasteiger partial charge in [0.2, 0.25) is 0 Å². The number of hydrogen-bond acceptors (Lipinski definition) is 3. The highest BCUT2D eigenvalue weighted by Crippen LogP contribution is 2.27. The van der Waals surface area contributed by atoms with Crippen LogP contribution in [-0.4, -0.2) is 16.3 Å². The normalized spacial score (nSPS) is 10.9. The molecule has 0 spiro atoms. The molecule has 0 aliphatic carbocycles. The summed E-state index contributed by atoms with van der Waals surface area (Å²) in [5.41, 5.74) is 3.28. The van der Waals surface area contributed by atoms with Gasteiger partial charge in [-0.3, -0.25) is 4.79 Å². The Morgan fingerprint density at radius 2 is 2.24 bits per heavy atom. The molecule has 0 aliphatic heterocycles. The Morgan fingerprint density at radius 1 is 1.35 bits per heavy atom. The summed E-state index contributed by atoms with van der Waals surface area (Å²) in [6, 6.07) is 8.33. The highest BCUT2D eigenvalue weighted by atomic mass is 32.1. The van der Waals surface area contributed by atoms with Gasteiger partial charge in [-0.05, 0) is 24.6 Å². The molecule has 0 saturated heterocycles. The van der Waals surface area contributed by atoms with E-state index in [-0.39, 0.29) is 0 Å². The van der Waals surface area contributed by atoms with Gasteiger partial charge in [0.1, 0.15) is 5.01 Å². The van der Waals surface area contributed by atoms with Crippen LogP contribution in [0.5, 0.6) is 0 Å². The Balaban J connectivity index is 2.14. The summed E-state index contributed by atoms with van der Waals surface area (Å²) in [5, 5.41) is 2.01. The Bertz CT molecular complexity index is 696. The Morgan fingerprint density at radius 3 is 3.00 bits per heavy atom. The molecular formula is C13H10N2OS. The Kier molecular flexibility index (Phi) is 2.30. The quantitative estimate of drug-likeness (QED) is 0.700. The smallest absolute Gasteiger partial charge is 0.161 e. The molecule has 0 atom stereocenters. The molecule has 3 nitrogen and oxygen atoms in total. The van der Waals surface area contributed by atoms with Gasteiger partial charge in [-0.2, -0.15) is 0 Å². The van der Waals surface area contributed by atoms with E-state index in [9.17, 15) is 4.79 Å². The van der Waals surface area contributed by atoms with Crippen LogP contribution < -0.4 is 0 Å². The summed E-state index contributed by atoms with van der Waals surface area (Å²) in [6.45, 7) is 2.06. The number of aldehydes is 1. The van der Waals surface area contributed by atoms with E-state index in [1.165, 1.54) is 16.9 Å². The van der Waals surface area contributed by atoms with E-state index >= 15 is 0 Å². The third-order valence-electron chi connectivity index (χ3n) is 2.65. The van der Waals surface area contributed by atoms with E-state index in [1.54, 1.807) is 6.20 Å². The molecule has 84 valence electrons. The van der Waals surface area contributed by atoms with E-state index in [1.807, 2.05) is 0 Å². The van der Waals surface area contributed by atoms with Crippen molar-refractivity contribution in [3.05, 3.63) is 40.9 Å². The summed E-state index contributed by atoms with van der Waals surface area (Å²) in [5.74, 6) is 0. The maximum Gasteiger partial charge on any atom is 0.161 e. The second-order valence-corrected chi connectivity index (χ2v) is 5.02. The molecule has 0 amide bonds. The number of thiazole rings is 1. The molecule has 4 heteroatoms. The molecule has 0 fully saturated rings. The average Bonchev–Trinajstić information content (AvgIpc) is 2.93. The number of aryl methyl sites for hydroxylation is 1. The van der Waals surface area contributed by atoms with Gasteiger partial charge in [0.15, 0.2) is 6.29 Å². The van der Waals surface area contributed by atoms with Crippen molar-refractivity contribution in [2.45, 2.75) is 6.92 Å². The molecule has 1 N–H and O–H groups in total. The number of carbonyl (C=O) groups is 1. The van der Waals surface area contributed by atoms with Gasteiger partial charge >= 0.3 is 0 Å². The molecule has 0 aliphatic rings. The first kappa shape index (κ1) is 10.2. The van der Waals surface area contributed by atoms with Crippen LogP contribution in [0.1, 0.15) is 15.2 Å². The van der Waals surface area contributed by atoms with Crippen molar-refractivity contribution < 1.29 is 4.79 Å². The van der Waals surface area contributed by atoms with E-state index in [2.05, 4.69) is 41.2 Å². The van der Waals surface area contributed by atoms with Gasteiger partial charge in [0.25, 0.3) is 0 Å². The van der Waals surface area contributed by atoms with Crippen LogP contribution in [0.15, 0.2) is 30.5 Å². The summed E-state index contributed by atoms with van der Waals surface area (Å²) in [4.78, 5) is 18.8. The van der Waals surface area contributed by atoms with Crippen LogP contribution in [0.3, 0.4) is 0 Å². The minimum atomic E-state index is 0.648. The third kappa shape index (κ3) is 1.76. The molecular weight excluding hydrogens is 232 g/mol. The van der Waals surface area contributed by atoms with E-state index < -0.39 is 0 Å². The second-order valence-electron chi connectivity index (χ2n) is 3.96. The van der Waals surface area contributed by atoms with Crippen LogP contribution >= 0.6 is 11.3 Å². The van der Waals surface area contributed by atoms with Crippen molar-refractivity contribution in [2.24, 2.45) is 0 Å². The zero-order valence-corrected chi connectivity index (χ0v) is 10.0. The lowest BCUT2D eigenvalue weighted by atomic mass is 10.2. The number of carbonyl (C=O) groups excluding carboxylic acids is 1. The lowest BCUT2D eigenvalue weighted by molar-refractivity contribution is 0.112. The first-order chi connectivity index (χ1) is 8.26. The molecule has 1 aromatic carbocycles. The average molecular weight is 242 g/mol. The van der Waals surface area contributed by atoms with Crippen LogP contribution in [0.25, 0.3) is 21.6 Å². The number of nitrogens with one attached hydrogen (secondary N) is 1. The zero-order chi connectivity index (χ0) is 11.8. The van der Waals surface area contributed by atoms with Crippen molar-refractivity contribution in [3.8, 4) is 10.7 Å². The number of fused-ring (bicyclic) bond motifs is 1. The maximum atomic E-state index is 10.6. The van der Waals surface area contributed by atoms with Crippen LogP contribution in [-0.2, 0) is 0 Å². The topological polar surface area (TPSA) is 45.8 Å². The molecule has 2 heterocycles. The Labute approximate surface area is 102 Å². The van der Waals surface area contributed by atoms with E-state index in [4.69, 9.17) is 0 Å². The summed E-state index contributed by atoms with van der Waals surface area (Å²) < 4.78 is 0. The van der Waals surface area contributed by atoms with Gasteiger partial charge in [-0.25, -0.2) is 4.98 Å². The van der Waals surface area contributed by atoms with E-state index in [0.717, 1.165) is 27.9 Å². The zero-order valence-electron chi connectivity index (χ0n) is 9.23. The lowest BCUT2D eigenvalue weighted by Gasteiger charge is -1.91. The molecule has 3 rings (SSSR count). The SMILES string of the molecule is Cc1ccc2cc(-c3ncc(C=O)s3)[nH]c2c1. The highest BCUT2D eigenvalue weighted by Gasteiger charge is 2.07. The summed E-state index contributed by atoms with van der Waals surface area (Å²) >= 11 is 1.39. The van der Waals surface area contributed by atoms with Crippen LogP contribution in [0, 0.1) is 6.92 Å². The largest absolute Gasteiger partial charge is 0.353 e. The predicted molar refractivity (Wildman–Crippen MR) is 69.5 cm³/mol. The van der Waals surface area contributed by atoms with Crippen molar-refractivity contribution in [1.82, 2.24) is 9.97 Å². The molecule has 2 aromatic heterocycles. The van der Waals surface area contributed by atoms with Crippen molar-refractivity contribution in [1.29, 1.82) is 0 Å². The molecule has 0 radical (unpaired) electrons. The van der Waals surface area contributed by atoms with Gasteiger partial charge in [-0.15, -0.1) is 11.3 Å². The van der Waals surface area contributed by atoms with Crippen molar-refractivity contribution >= 4 is 28.5 Å². The molecule has 0 unspecified atom stereocenters. The van der Waals surface area contributed by atoms with Gasteiger partial charge < -0.3 is 4.98 Å². The number of nitrogens with zero attached hydrogens (tertiary/aromatic N) is 1. The van der Waals surface area contributed by atoms with E-state index in [0.29, 0.717) is 4.88 Å².